The molecule has 0 aliphatic heterocycles. The maximum atomic E-state index is 11.7. The number of nitrogens with zero attached hydrogens (tertiary/aromatic N) is 1. The summed E-state index contributed by atoms with van der Waals surface area (Å²) in [5.41, 5.74) is 5.78. The summed E-state index contributed by atoms with van der Waals surface area (Å²) in [5, 5.41) is 0. The number of likely N-dealkylation sites (N-methyl/N-ethyl adjacent to an activating group) is 1. The molecule has 0 aromatic rings. The van der Waals surface area contributed by atoms with Gasteiger partial charge in [-0.15, -0.1) is 0 Å². The molecule has 4 nitrogen and oxygen atoms in total. The van der Waals surface area contributed by atoms with Crippen LogP contribution < -0.4 is 5.73 Å². The fourth-order valence-electron chi connectivity index (χ4n) is 1.29. The first-order valence-corrected chi connectivity index (χ1v) is 5.71. The van der Waals surface area contributed by atoms with Gasteiger partial charge in [0.2, 0.25) is 5.91 Å². The van der Waals surface area contributed by atoms with Gasteiger partial charge in [0.1, 0.15) is 0 Å². The van der Waals surface area contributed by atoms with E-state index >= 15 is 0 Å². The zero-order valence-electron chi connectivity index (χ0n) is 10.2. The lowest BCUT2D eigenvalue weighted by molar-refractivity contribution is -0.132. The SMILES string of the molecule is CCCCC(N)C(=O)N(C)CCOCC. The van der Waals surface area contributed by atoms with Crippen molar-refractivity contribution < 1.29 is 9.53 Å². The van der Waals surface area contributed by atoms with Crippen LogP contribution >= 0.6 is 0 Å². The Balaban J connectivity index is 3.75. The Morgan fingerprint density at radius 1 is 1.47 bits per heavy atom. The van der Waals surface area contributed by atoms with Crippen molar-refractivity contribution in [1.29, 1.82) is 0 Å². The van der Waals surface area contributed by atoms with Crippen LogP contribution in [0.15, 0.2) is 0 Å². The summed E-state index contributed by atoms with van der Waals surface area (Å²) in [6, 6.07) is -0.350. The number of hydrogen-bond donors (Lipinski definition) is 1. The Morgan fingerprint density at radius 3 is 2.67 bits per heavy atom. The van der Waals surface area contributed by atoms with Crippen molar-refractivity contribution in [3.8, 4) is 0 Å². The van der Waals surface area contributed by atoms with Gasteiger partial charge in [-0.05, 0) is 13.3 Å². The van der Waals surface area contributed by atoms with Crippen molar-refractivity contribution in [2.24, 2.45) is 5.73 Å². The summed E-state index contributed by atoms with van der Waals surface area (Å²) in [5.74, 6) is 0.0168. The van der Waals surface area contributed by atoms with Crippen molar-refractivity contribution >= 4 is 5.91 Å². The van der Waals surface area contributed by atoms with E-state index < -0.39 is 0 Å². The minimum atomic E-state index is -0.350. The average molecular weight is 216 g/mol. The molecule has 0 aliphatic rings. The smallest absolute Gasteiger partial charge is 0.239 e. The van der Waals surface area contributed by atoms with Crippen molar-refractivity contribution in [1.82, 2.24) is 4.90 Å². The topological polar surface area (TPSA) is 55.6 Å². The van der Waals surface area contributed by atoms with Gasteiger partial charge in [-0.3, -0.25) is 4.79 Å². The van der Waals surface area contributed by atoms with Crippen LogP contribution in [0.2, 0.25) is 0 Å². The Morgan fingerprint density at radius 2 is 2.13 bits per heavy atom. The number of nitrogens with two attached hydrogens (primary N) is 1. The molecule has 0 radical (unpaired) electrons. The number of unbranched alkanes of at least 4 members (excludes halogenated alkanes) is 1. The lowest BCUT2D eigenvalue weighted by Gasteiger charge is -2.21. The van der Waals surface area contributed by atoms with Crippen LogP contribution in [0.1, 0.15) is 33.1 Å². The van der Waals surface area contributed by atoms with Crippen LogP contribution in [0.4, 0.5) is 0 Å². The second-order valence-electron chi connectivity index (χ2n) is 3.71. The van der Waals surface area contributed by atoms with Gasteiger partial charge in [-0.2, -0.15) is 0 Å². The quantitative estimate of drug-likeness (QED) is 0.616. The van der Waals surface area contributed by atoms with E-state index in [0.717, 1.165) is 19.3 Å². The number of carbonyl (C=O) groups excluding carboxylic acids is 1. The van der Waals surface area contributed by atoms with Crippen LogP contribution in [-0.2, 0) is 9.53 Å². The molecule has 4 heteroatoms. The summed E-state index contributed by atoms with van der Waals surface area (Å²) in [7, 11) is 1.77. The highest BCUT2D eigenvalue weighted by molar-refractivity contribution is 5.81. The minimum Gasteiger partial charge on any atom is -0.380 e. The van der Waals surface area contributed by atoms with Gasteiger partial charge in [-0.1, -0.05) is 19.8 Å². The molecule has 0 fully saturated rings. The highest BCUT2D eigenvalue weighted by atomic mass is 16.5. The maximum Gasteiger partial charge on any atom is 0.239 e. The predicted octanol–water partition coefficient (Wildman–Crippen LogP) is 0.999. The third-order valence-electron chi connectivity index (χ3n) is 2.34. The summed E-state index contributed by atoms with van der Waals surface area (Å²) < 4.78 is 5.18. The van der Waals surface area contributed by atoms with Crippen LogP contribution in [0.3, 0.4) is 0 Å². The second kappa shape index (κ2) is 8.68. The summed E-state index contributed by atoms with van der Waals surface area (Å²) >= 11 is 0. The van der Waals surface area contributed by atoms with Crippen molar-refractivity contribution in [3.63, 3.8) is 0 Å². The molecule has 0 rings (SSSR count). The Kier molecular flexibility index (Phi) is 8.33. The molecule has 0 aliphatic carbocycles. The van der Waals surface area contributed by atoms with E-state index in [4.69, 9.17) is 10.5 Å². The normalized spacial score (nSPS) is 12.5. The first-order valence-electron chi connectivity index (χ1n) is 5.71. The molecule has 0 aromatic heterocycles. The number of amides is 1. The van der Waals surface area contributed by atoms with Crippen LogP contribution in [-0.4, -0.2) is 43.7 Å². The number of hydrogen-bond acceptors (Lipinski definition) is 3. The second-order valence-corrected chi connectivity index (χ2v) is 3.71. The molecule has 1 unspecified atom stereocenters. The average Bonchev–Trinajstić information content (AvgIpc) is 2.24. The molecule has 0 aromatic carbocycles. The standard InChI is InChI=1S/C11H24N2O2/c1-4-6-7-10(12)11(14)13(3)8-9-15-5-2/h10H,4-9,12H2,1-3H3. The fraction of sp³-hybridized carbons (Fsp3) is 0.909. The Labute approximate surface area is 92.8 Å². The highest BCUT2D eigenvalue weighted by Crippen LogP contribution is 2.01. The van der Waals surface area contributed by atoms with E-state index in [1.54, 1.807) is 11.9 Å². The van der Waals surface area contributed by atoms with E-state index in [1.165, 1.54) is 0 Å². The first-order chi connectivity index (χ1) is 7.13. The van der Waals surface area contributed by atoms with Gasteiger partial charge in [0.05, 0.1) is 12.6 Å². The molecule has 15 heavy (non-hydrogen) atoms. The molecule has 1 amide bonds. The lowest BCUT2D eigenvalue weighted by Crippen LogP contribution is -2.42. The molecule has 90 valence electrons. The number of rotatable bonds is 8. The third-order valence-corrected chi connectivity index (χ3v) is 2.34. The lowest BCUT2D eigenvalue weighted by atomic mass is 10.1. The van der Waals surface area contributed by atoms with E-state index in [2.05, 4.69) is 6.92 Å². The molecule has 0 saturated heterocycles. The van der Waals surface area contributed by atoms with Gasteiger partial charge in [-0.25, -0.2) is 0 Å². The third kappa shape index (κ3) is 6.47. The predicted molar refractivity (Wildman–Crippen MR) is 61.6 cm³/mol. The number of carbonyl (C=O) groups is 1. The zero-order chi connectivity index (χ0) is 11.7. The van der Waals surface area contributed by atoms with E-state index in [-0.39, 0.29) is 11.9 Å². The van der Waals surface area contributed by atoms with E-state index in [9.17, 15) is 4.79 Å². The van der Waals surface area contributed by atoms with Crippen molar-refractivity contribution in [2.75, 3.05) is 26.8 Å². The Bertz CT molecular complexity index is 174. The molecule has 0 saturated carbocycles. The van der Waals surface area contributed by atoms with E-state index in [0.29, 0.717) is 19.8 Å². The maximum absolute atomic E-state index is 11.7. The van der Waals surface area contributed by atoms with Crippen LogP contribution in [0.25, 0.3) is 0 Å². The van der Waals surface area contributed by atoms with Gasteiger partial charge in [0.15, 0.2) is 0 Å². The molecule has 1 atom stereocenters. The van der Waals surface area contributed by atoms with Gasteiger partial charge in [0.25, 0.3) is 0 Å². The van der Waals surface area contributed by atoms with Crippen molar-refractivity contribution in [3.05, 3.63) is 0 Å². The minimum absolute atomic E-state index is 0.0168. The van der Waals surface area contributed by atoms with Gasteiger partial charge < -0.3 is 15.4 Å². The summed E-state index contributed by atoms with van der Waals surface area (Å²) in [6.07, 6.45) is 2.85. The molecule has 0 bridgehead atoms. The monoisotopic (exact) mass is 216 g/mol. The number of ether oxygens (including phenoxy) is 1. The zero-order valence-corrected chi connectivity index (χ0v) is 10.2. The highest BCUT2D eigenvalue weighted by Gasteiger charge is 2.16. The molecule has 0 heterocycles. The van der Waals surface area contributed by atoms with Crippen molar-refractivity contribution in [2.45, 2.75) is 39.2 Å². The summed E-state index contributed by atoms with van der Waals surface area (Å²) in [6.45, 7) is 5.92. The van der Waals surface area contributed by atoms with E-state index in [1.807, 2.05) is 6.92 Å². The van der Waals surface area contributed by atoms with Gasteiger partial charge >= 0.3 is 0 Å². The molecular formula is C11H24N2O2. The molecular weight excluding hydrogens is 192 g/mol. The summed E-state index contributed by atoms with van der Waals surface area (Å²) in [4.78, 5) is 13.3. The largest absolute Gasteiger partial charge is 0.380 e. The van der Waals surface area contributed by atoms with Crippen LogP contribution in [0, 0.1) is 0 Å². The Hall–Kier alpha value is -0.610. The molecule has 0 spiro atoms. The fourth-order valence-corrected chi connectivity index (χ4v) is 1.29. The van der Waals surface area contributed by atoms with Gasteiger partial charge in [0, 0.05) is 20.2 Å². The first kappa shape index (κ1) is 14.4. The molecule has 2 N–H and O–H groups in total. The van der Waals surface area contributed by atoms with Crippen LogP contribution in [0.5, 0.6) is 0 Å².